The minimum absolute atomic E-state index is 0.0681. The Hall–Kier alpha value is -2.89. The Morgan fingerprint density at radius 2 is 1.78 bits per heavy atom. The molecule has 0 saturated heterocycles. The lowest BCUT2D eigenvalue weighted by atomic mass is 10.1. The molecule has 0 aliphatic heterocycles. The molecule has 23 heavy (non-hydrogen) atoms. The molecule has 0 N–H and O–H groups in total. The van der Waals surface area contributed by atoms with E-state index >= 15 is 0 Å². The molecule has 0 unspecified atom stereocenters. The van der Waals surface area contributed by atoms with Crippen LogP contribution >= 0.6 is 0 Å². The summed E-state index contributed by atoms with van der Waals surface area (Å²) in [6.07, 6.45) is -0.0545. The lowest BCUT2D eigenvalue weighted by Crippen LogP contribution is -2.29. The van der Waals surface area contributed by atoms with Crippen LogP contribution in [0, 0.1) is 10.1 Å². The number of hydrogen-bond donors (Lipinski definition) is 0. The van der Waals surface area contributed by atoms with Crippen molar-refractivity contribution in [3.63, 3.8) is 0 Å². The van der Waals surface area contributed by atoms with Crippen LogP contribution in [0.2, 0.25) is 0 Å². The van der Waals surface area contributed by atoms with Crippen LogP contribution in [0.25, 0.3) is 0 Å². The maximum Gasteiger partial charge on any atom is 0.409 e. The van der Waals surface area contributed by atoms with Gasteiger partial charge >= 0.3 is 6.09 Å². The Balaban J connectivity index is 1.86. The Morgan fingerprint density at radius 1 is 1.13 bits per heavy atom. The Bertz CT molecular complexity index is 673. The van der Waals surface area contributed by atoms with Crippen LogP contribution in [-0.2, 0) is 17.8 Å². The SMILES string of the molecule is CN(CCc1ccccc1[N+](=O)[O-])C(=O)OCc1ccccc1. The summed E-state index contributed by atoms with van der Waals surface area (Å²) in [5, 5.41) is 11.0. The molecule has 0 aromatic heterocycles. The molecule has 0 spiro atoms. The van der Waals surface area contributed by atoms with E-state index < -0.39 is 11.0 Å². The molecule has 1 amide bonds. The highest BCUT2D eigenvalue weighted by Gasteiger charge is 2.15. The molecule has 120 valence electrons. The summed E-state index contributed by atoms with van der Waals surface area (Å²) in [5.41, 5.74) is 1.58. The lowest BCUT2D eigenvalue weighted by Gasteiger charge is -2.17. The van der Waals surface area contributed by atoms with E-state index in [1.54, 1.807) is 25.2 Å². The largest absolute Gasteiger partial charge is 0.445 e. The number of nitro benzene ring substituents is 1. The second-order valence-electron chi connectivity index (χ2n) is 5.10. The Labute approximate surface area is 134 Å². The van der Waals surface area contributed by atoms with E-state index in [1.807, 2.05) is 30.3 Å². The molecule has 6 nitrogen and oxygen atoms in total. The fourth-order valence-electron chi connectivity index (χ4n) is 2.11. The van der Waals surface area contributed by atoms with Crippen LogP contribution in [0.5, 0.6) is 0 Å². The van der Waals surface area contributed by atoms with Gasteiger partial charge in [-0.15, -0.1) is 0 Å². The molecular formula is C17H18N2O4. The highest BCUT2D eigenvalue weighted by Crippen LogP contribution is 2.18. The average molecular weight is 314 g/mol. The van der Waals surface area contributed by atoms with Crippen molar-refractivity contribution in [1.29, 1.82) is 0 Å². The number of nitro groups is 1. The maximum atomic E-state index is 11.9. The molecular weight excluding hydrogens is 296 g/mol. The topological polar surface area (TPSA) is 72.7 Å². The molecule has 0 atom stereocenters. The molecule has 0 bridgehead atoms. The Kier molecular flexibility index (Phi) is 5.68. The summed E-state index contributed by atoms with van der Waals surface area (Å²) in [6.45, 7) is 0.550. The van der Waals surface area contributed by atoms with E-state index in [-0.39, 0.29) is 12.3 Å². The van der Waals surface area contributed by atoms with E-state index in [9.17, 15) is 14.9 Å². The highest BCUT2D eigenvalue weighted by atomic mass is 16.6. The number of carbonyl (C=O) groups excluding carboxylic acids is 1. The molecule has 2 rings (SSSR count). The molecule has 0 saturated carbocycles. The summed E-state index contributed by atoms with van der Waals surface area (Å²) >= 11 is 0. The van der Waals surface area contributed by atoms with Crippen LogP contribution in [0.1, 0.15) is 11.1 Å². The molecule has 2 aromatic rings. The zero-order chi connectivity index (χ0) is 16.7. The fourth-order valence-corrected chi connectivity index (χ4v) is 2.11. The summed E-state index contributed by atoms with van der Waals surface area (Å²) in [5.74, 6) is 0. The summed E-state index contributed by atoms with van der Waals surface area (Å²) < 4.78 is 5.21. The highest BCUT2D eigenvalue weighted by molar-refractivity contribution is 5.67. The number of hydrogen-bond acceptors (Lipinski definition) is 4. The van der Waals surface area contributed by atoms with Crippen molar-refractivity contribution in [3.05, 3.63) is 75.8 Å². The van der Waals surface area contributed by atoms with Gasteiger partial charge in [0.05, 0.1) is 4.92 Å². The van der Waals surface area contributed by atoms with Gasteiger partial charge < -0.3 is 9.64 Å². The minimum Gasteiger partial charge on any atom is -0.445 e. The predicted molar refractivity (Wildman–Crippen MR) is 86.1 cm³/mol. The number of benzene rings is 2. The summed E-state index contributed by atoms with van der Waals surface area (Å²) in [4.78, 5) is 23.9. The summed E-state index contributed by atoms with van der Waals surface area (Å²) in [6, 6.07) is 15.9. The van der Waals surface area contributed by atoms with Crippen LogP contribution in [0.3, 0.4) is 0 Å². The second kappa shape index (κ2) is 7.93. The third-order valence-corrected chi connectivity index (χ3v) is 3.42. The van der Waals surface area contributed by atoms with Crippen molar-refractivity contribution in [2.75, 3.05) is 13.6 Å². The van der Waals surface area contributed by atoms with Gasteiger partial charge in [-0.3, -0.25) is 10.1 Å². The van der Waals surface area contributed by atoms with Crippen LogP contribution in [-0.4, -0.2) is 29.5 Å². The van der Waals surface area contributed by atoms with Gasteiger partial charge in [-0.2, -0.15) is 0 Å². The van der Waals surface area contributed by atoms with Crippen molar-refractivity contribution in [3.8, 4) is 0 Å². The molecule has 0 aliphatic rings. The smallest absolute Gasteiger partial charge is 0.409 e. The fraction of sp³-hybridized carbons (Fsp3) is 0.235. The predicted octanol–water partition coefficient (Wildman–Crippen LogP) is 3.41. The first-order chi connectivity index (χ1) is 11.1. The second-order valence-corrected chi connectivity index (χ2v) is 5.10. The third-order valence-electron chi connectivity index (χ3n) is 3.42. The van der Waals surface area contributed by atoms with Gasteiger partial charge in [0.15, 0.2) is 0 Å². The van der Waals surface area contributed by atoms with E-state index in [0.717, 1.165) is 5.56 Å². The van der Waals surface area contributed by atoms with Gasteiger partial charge in [0, 0.05) is 25.2 Å². The number of nitrogens with zero attached hydrogens (tertiary/aromatic N) is 2. The van der Waals surface area contributed by atoms with Gasteiger partial charge in [0.2, 0.25) is 0 Å². The molecule has 2 aromatic carbocycles. The number of para-hydroxylation sites is 1. The van der Waals surface area contributed by atoms with Gasteiger partial charge in [0.25, 0.3) is 5.69 Å². The van der Waals surface area contributed by atoms with Gasteiger partial charge in [-0.05, 0) is 12.0 Å². The van der Waals surface area contributed by atoms with E-state index in [2.05, 4.69) is 0 Å². The number of carbonyl (C=O) groups is 1. The van der Waals surface area contributed by atoms with Crippen molar-refractivity contribution in [1.82, 2.24) is 4.90 Å². The third kappa shape index (κ3) is 4.81. The number of ether oxygens (including phenoxy) is 1. The van der Waals surface area contributed by atoms with Crippen molar-refractivity contribution >= 4 is 11.8 Å². The maximum absolute atomic E-state index is 11.9. The first-order valence-electron chi connectivity index (χ1n) is 7.22. The van der Waals surface area contributed by atoms with Crippen LogP contribution in [0.4, 0.5) is 10.5 Å². The van der Waals surface area contributed by atoms with Crippen molar-refractivity contribution in [2.24, 2.45) is 0 Å². The molecule has 0 heterocycles. The first kappa shape index (κ1) is 16.5. The summed E-state index contributed by atoms with van der Waals surface area (Å²) in [7, 11) is 1.61. The molecule has 0 aliphatic carbocycles. The zero-order valence-electron chi connectivity index (χ0n) is 12.8. The zero-order valence-corrected chi connectivity index (χ0v) is 12.8. The van der Waals surface area contributed by atoms with Crippen molar-refractivity contribution < 1.29 is 14.5 Å². The average Bonchev–Trinajstić information content (AvgIpc) is 2.58. The normalized spacial score (nSPS) is 10.1. The molecule has 0 radical (unpaired) electrons. The lowest BCUT2D eigenvalue weighted by molar-refractivity contribution is -0.385. The first-order valence-corrected chi connectivity index (χ1v) is 7.22. The quantitative estimate of drug-likeness (QED) is 0.605. The monoisotopic (exact) mass is 314 g/mol. The van der Waals surface area contributed by atoms with E-state index in [0.29, 0.717) is 18.5 Å². The van der Waals surface area contributed by atoms with Crippen LogP contribution < -0.4 is 0 Å². The van der Waals surface area contributed by atoms with Gasteiger partial charge in [0.1, 0.15) is 6.61 Å². The number of likely N-dealkylation sites (N-methyl/N-ethyl adjacent to an activating group) is 1. The van der Waals surface area contributed by atoms with Crippen LogP contribution in [0.15, 0.2) is 54.6 Å². The van der Waals surface area contributed by atoms with E-state index in [4.69, 9.17) is 4.74 Å². The van der Waals surface area contributed by atoms with E-state index in [1.165, 1.54) is 11.0 Å². The standard InChI is InChI=1S/C17H18N2O4/c1-18(17(20)23-13-14-7-3-2-4-8-14)12-11-15-9-5-6-10-16(15)19(21)22/h2-10H,11-13H2,1H3. The number of amides is 1. The molecule has 6 heteroatoms. The Morgan fingerprint density at radius 3 is 2.48 bits per heavy atom. The molecule has 0 fully saturated rings. The van der Waals surface area contributed by atoms with Gasteiger partial charge in [-0.25, -0.2) is 4.79 Å². The number of rotatable bonds is 6. The minimum atomic E-state index is -0.451. The van der Waals surface area contributed by atoms with Crippen molar-refractivity contribution in [2.45, 2.75) is 13.0 Å². The van der Waals surface area contributed by atoms with Gasteiger partial charge in [-0.1, -0.05) is 48.5 Å².